The van der Waals surface area contributed by atoms with Crippen LogP contribution < -0.4 is 5.32 Å². The maximum Gasteiger partial charge on any atom is 0.322 e. The lowest BCUT2D eigenvalue weighted by molar-refractivity contribution is 0.206. The van der Waals surface area contributed by atoms with Crippen LogP contribution in [0.2, 0.25) is 0 Å². The van der Waals surface area contributed by atoms with E-state index in [0.29, 0.717) is 13.1 Å². The minimum Gasteiger partial charge on any atom is -0.341 e. The Balaban J connectivity index is 1.36. The summed E-state index contributed by atoms with van der Waals surface area (Å²) in [6, 6.07) is 39.3. The number of carbonyl (C=O) groups excluding carboxylic acids is 1. The van der Waals surface area contributed by atoms with Crippen molar-refractivity contribution >= 4 is 44.3 Å². The summed E-state index contributed by atoms with van der Waals surface area (Å²) in [5.41, 5.74) is 5.49. The number of aryl methyl sites for hydroxylation is 1. The standard InChI is InChI=1S/C33H29N3O/c1-2-36-31-18-9-8-16-28(31)29-21-25(19-20-32(29)36)23-35(22-24-11-4-3-5-12-24)33(37)34-30-17-10-14-26-13-6-7-15-27(26)30/h3-21H,2,22-23H2,1H3,(H,34,37). The third-order valence-corrected chi connectivity index (χ3v) is 7.06. The van der Waals surface area contributed by atoms with Crippen molar-refractivity contribution in [3.8, 4) is 0 Å². The highest BCUT2D eigenvalue weighted by Crippen LogP contribution is 2.30. The molecule has 0 unspecified atom stereocenters. The first kappa shape index (κ1) is 22.9. The van der Waals surface area contributed by atoms with E-state index in [2.05, 4.69) is 83.5 Å². The number of urea groups is 1. The first-order valence-corrected chi connectivity index (χ1v) is 12.8. The number of rotatable bonds is 6. The SMILES string of the molecule is CCn1c2ccccc2c2cc(CN(Cc3ccccc3)C(=O)Nc3cccc4ccccc34)ccc21. The minimum absolute atomic E-state index is 0.115. The van der Waals surface area contributed by atoms with Crippen molar-refractivity contribution in [2.45, 2.75) is 26.6 Å². The first-order valence-electron chi connectivity index (χ1n) is 12.8. The van der Waals surface area contributed by atoms with Crippen LogP contribution in [0, 0.1) is 0 Å². The van der Waals surface area contributed by atoms with Gasteiger partial charge in [0.25, 0.3) is 0 Å². The van der Waals surface area contributed by atoms with Gasteiger partial charge in [-0.1, -0.05) is 91.0 Å². The monoisotopic (exact) mass is 483 g/mol. The van der Waals surface area contributed by atoms with Gasteiger partial charge in [-0.3, -0.25) is 0 Å². The van der Waals surface area contributed by atoms with Gasteiger partial charge in [0.1, 0.15) is 0 Å². The molecular weight excluding hydrogens is 454 g/mol. The number of amides is 2. The molecule has 182 valence electrons. The van der Waals surface area contributed by atoms with E-state index in [1.54, 1.807) is 0 Å². The summed E-state index contributed by atoms with van der Waals surface area (Å²) < 4.78 is 2.35. The molecule has 37 heavy (non-hydrogen) atoms. The van der Waals surface area contributed by atoms with E-state index in [0.717, 1.165) is 34.1 Å². The zero-order valence-electron chi connectivity index (χ0n) is 20.9. The predicted molar refractivity (Wildman–Crippen MR) is 154 cm³/mol. The lowest BCUT2D eigenvalue weighted by Crippen LogP contribution is -2.34. The molecule has 4 heteroatoms. The number of para-hydroxylation sites is 1. The second-order valence-corrected chi connectivity index (χ2v) is 9.41. The fraction of sp³-hybridized carbons (Fsp3) is 0.121. The Morgan fingerprint density at radius 2 is 1.35 bits per heavy atom. The minimum atomic E-state index is -0.115. The average Bonchev–Trinajstić information content (AvgIpc) is 3.26. The summed E-state index contributed by atoms with van der Waals surface area (Å²) in [5, 5.41) is 7.80. The fourth-order valence-corrected chi connectivity index (χ4v) is 5.29. The van der Waals surface area contributed by atoms with E-state index >= 15 is 0 Å². The van der Waals surface area contributed by atoms with E-state index in [-0.39, 0.29) is 6.03 Å². The molecule has 0 aliphatic heterocycles. The zero-order chi connectivity index (χ0) is 25.2. The molecule has 6 rings (SSSR count). The van der Waals surface area contributed by atoms with E-state index in [9.17, 15) is 4.79 Å². The molecule has 1 heterocycles. The Hall–Kier alpha value is -4.57. The van der Waals surface area contributed by atoms with E-state index in [1.807, 2.05) is 53.4 Å². The average molecular weight is 484 g/mol. The molecule has 0 radical (unpaired) electrons. The van der Waals surface area contributed by atoms with Crippen LogP contribution in [0.15, 0.2) is 115 Å². The van der Waals surface area contributed by atoms with Crippen molar-refractivity contribution in [3.05, 3.63) is 126 Å². The number of anilines is 1. The van der Waals surface area contributed by atoms with Crippen LogP contribution in [0.25, 0.3) is 32.6 Å². The molecule has 5 aromatic carbocycles. The number of nitrogens with zero attached hydrogens (tertiary/aromatic N) is 2. The van der Waals surface area contributed by atoms with Gasteiger partial charge in [0.2, 0.25) is 0 Å². The highest BCUT2D eigenvalue weighted by Gasteiger charge is 2.17. The van der Waals surface area contributed by atoms with Gasteiger partial charge in [-0.2, -0.15) is 0 Å². The summed E-state index contributed by atoms with van der Waals surface area (Å²) in [6.45, 7) is 4.12. The number of nitrogens with one attached hydrogen (secondary N) is 1. The highest BCUT2D eigenvalue weighted by atomic mass is 16.2. The summed E-state index contributed by atoms with van der Waals surface area (Å²) >= 11 is 0. The summed E-state index contributed by atoms with van der Waals surface area (Å²) in [5.74, 6) is 0. The third kappa shape index (κ3) is 4.43. The summed E-state index contributed by atoms with van der Waals surface area (Å²) in [4.78, 5) is 15.6. The van der Waals surface area contributed by atoms with Gasteiger partial charge in [0, 0.05) is 46.8 Å². The fourth-order valence-electron chi connectivity index (χ4n) is 5.29. The van der Waals surface area contributed by atoms with Crippen LogP contribution in [0.5, 0.6) is 0 Å². The van der Waals surface area contributed by atoms with Crippen LogP contribution in [0.1, 0.15) is 18.1 Å². The topological polar surface area (TPSA) is 37.3 Å². The van der Waals surface area contributed by atoms with Crippen LogP contribution in [0.4, 0.5) is 10.5 Å². The van der Waals surface area contributed by atoms with Crippen LogP contribution in [-0.2, 0) is 19.6 Å². The van der Waals surface area contributed by atoms with Gasteiger partial charge in [0.05, 0.1) is 5.69 Å². The van der Waals surface area contributed by atoms with Gasteiger partial charge in [-0.25, -0.2) is 4.79 Å². The summed E-state index contributed by atoms with van der Waals surface area (Å²) in [7, 11) is 0. The Labute approximate surface area is 216 Å². The molecule has 0 aliphatic carbocycles. The number of aromatic nitrogens is 1. The van der Waals surface area contributed by atoms with Gasteiger partial charge >= 0.3 is 6.03 Å². The molecule has 0 fully saturated rings. The molecule has 0 aliphatic rings. The van der Waals surface area contributed by atoms with Crippen molar-refractivity contribution in [1.82, 2.24) is 9.47 Å². The Kier molecular flexibility index (Phi) is 6.07. The molecule has 1 N–H and O–H groups in total. The smallest absolute Gasteiger partial charge is 0.322 e. The van der Waals surface area contributed by atoms with Crippen LogP contribution in [-0.4, -0.2) is 15.5 Å². The quantitative estimate of drug-likeness (QED) is 0.255. The van der Waals surface area contributed by atoms with Crippen molar-refractivity contribution in [1.29, 1.82) is 0 Å². The number of carbonyl (C=O) groups is 1. The van der Waals surface area contributed by atoms with E-state index < -0.39 is 0 Å². The molecule has 0 bridgehead atoms. The van der Waals surface area contributed by atoms with Gasteiger partial charge < -0.3 is 14.8 Å². The van der Waals surface area contributed by atoms with Crippen molar-refractivity contribution in [3.63, 3.8) is 0 Å². The van der Waals surface area contributed by atoms with Crippen LogP contribution in [0.3, 0.4) is 0 Å². The van der Waals surface area contributed by atoms with Gasteiger partial charge in [-0.15, -0.1) is 0 Å². The number of hydrogen-bond donors (Lipinski definition) is 1. The predicted octanol–water partition coefficient (Wildman–Crippen LogP) is 8.20. The lowest BCUT2D eigenvalue weighted by Gasteiger charge is -2.24. The van der Waals surface area contributed by atoms with Crippen LogP contribution >= 0.6 is 0 Å². The maximum atomic E-state index is 13.7. The number of fused-ring (bicyclic) bond motifs is 4. The van der Waals surface area contributed by atoms with Crippen molar-refractivity contribution in [2.75, 3.05) is 5.32 Å². The Morgan fingerprint density at radius 3 is 2.19 bits per heavy atom. The second kappa shape index (κ2) is 9.82. The van der Waals surface area contributed by atoms with Gasteiger partial charge in [-0.05, 0) is 47.7 Å². The van der Waals surface area contributed by atoms with Gasteiger partial charge in [0.15, 0.2) is 0 Å². The van der Waals surface area contributed by atoms with Crippen molar-refractivity contribution < 1.29 is 4.79 Å². The normalized spacial score (nSPS) is 11.3. The Bertz CT molecular complexity index is 1710. The second-order valence-electron chi connectivity index (χ2n) is 9.41. The largest absolute Gasteiger partial charge is 0.341 e. The zero-order valence-corrected chi connectivity index (χ0v) is 20.9. The number of benzene rings is 5. The molecule has 0 saturated heterocycles. The van der Waals surface area contributed by atoms with E-state index in [4.69, 9.17) is 0 Å². The van der Waals surface area contributed by atoms with E-state index in [1.165, 1.54) is 21.8 Å². The first-order chi connectivity index (χ1) is 18.2. The number of hydrogen-bond acceptors (Lipinski definition) is 1. The molecular formula is C33H29N3O. The molecule has 0 saturated carbocycles. The lowest BCUT2D eigenvalue weighted by atomic mass is 10.1. The third-order valence-electron chi connectivity index (χ3n) is 7.06. The maximum absolute atomic E-state index is 13.7. The molecule has 1 aromatic heterocycles. The highest BCUT2D eigenvalue weighted by molar-refractivity contribution is 6.08. The molecule has 0 spiro atoms. The molecule has 2 amide bonds. The molecule has 0 atom stereocenters. The summed E-state index contributed by atoms with van der Waals surface area (Å²) in [6.07, 6.45) is 0. The van der Waals surface area contributed by atoms with Crippen molar-refractivity contribution in [2.24, 2.45) is 0 Å². The molecule has 4 nitrogen and oxygen atoms in total. The Morgan fingerprint density at radius 1 is 0.676 bits per heavy atom. The molecule has 6 aromatic rings.